The number of benzene rings is 1. The number of nitrogens with zero attached hydrogens (tertiary/aromatic N) is 1. The van der Waals surface area contributed by atoms with E-state index in [0.29, 0.717) is 5.56 Å². The molecule has 0 radical (unpaired) electrons. The summed E-state index contributed by atoms with van der Waals surface area (Å²) in [5.41, 5.74) is 6.90. The standard InChI is InChI=1S/C12H14N2O3/c1-14-6-8(11(15)10(13)12(16)17)7-4-2-3-5-9(7)14/h2-6,10-11,15H,13H2,1H3,(H,16,17). The van der Waals surface area contributed by atoms with Crippen LogP contribution in [-0.2, 0) is 11.8 Å². The van der Waals surface area contributed by atoms with Crippen molar-refractivity contribution >= 4 is 16.9 Å². The number of rotatable bonds is 3. The van der Waals surface area contributed by atoms with Gasteiger partial charge in [-0.2, -0.15) is 0 Å². The first-order chi connectivity index (χ1) is 8.02. The quantitative estimate of drug-likeness (QED) is 0.726. The van der Waals surface area contributed by atoms with E-state index in [2.05, 4.69) is 0 Å². The summed E-state index contributed by atoms with van der Waals surface area (Å²) in [6, 6.07) is 6.14. The van der Waals surface area contributed by atoms with Crippen LogP contribution in [0.15, 0.2) is 30.5 Å². The molecule has 0 spiro atoms. The number of aliphatic hydroxyl groups is 1. The molecule has 0 aliphatic heterocycles. The van der Waals surface area contributed by atoms with Crippen molar-refractivity contribution in [3.63, 3.8) is 0 Å². The van der Waals surface area contributed by atoms with E-state index in [9.17, 15) is 9.90 Å². The Labute approximate surface area is 98.1 Å². The van der Waals surface area contributed by atoms with Crippen LogP contribution in [-0.4, -0.2) is 26.8 Å². The van der Waals surface area contributed by atoms with Crippen molar-refractivity contribution in [3.8, 4) is 0 Å². The molecule has 2 aromatic rings. The highest BCUT2D eigenvalue weighted by Crippen LogP contribution is 2.27. The molecule has 0 bridgehead atoms. The van der Waals surface area contributed by atoms with Gasteiger partial charge in [0.05, 0.1) is 0 Å². The normalized spacial score (nSPS) is 14.8. The van der Waals surface area contributed by atoms with Gasteiger partial charge in [0.2, 0.25) is 0 Å². The first-order valence-corrected chi connectivity index (χ1v) is 5.22. The fourth-order valence-corrected chi connectivity index (χ4v) is 1.94. The van der Waals surface area contributed by atoms with Gasteiger partial charge in [0.25, 0.3) is 0 Å². The van der Waals surface area contributed by atoms with Gasteiger partial charge in [-0.05, 0) is 6.07 Å². The molecule has 0 saturated heterocycles. The Bertz CT molecular complexity index is 562. The molecule has 1 aromatic carbocycles. The van der Waals surface area contributed by atoms with Crippen LogP contribution in [0, 0.1) is 0 Å². The minimum Gasteiger partial charge on any atom is -0.480 e. The van der Waals surface area contributed by atoms with Gasteiger partial charge in [0, 0.05) is 29.7 Å². The maximum absolute atomic E-state index is 10.8. The number of fused-ring (bicyclic) bond motifs is 1. The van der Waals surface area contributed by atoms with E-state index in [4.69, 9.17) is 10.8 Å². The molecule has 5 heteroatoms. The predicted octanol–water partition coefficient (Wildman–Crippen LogP) is 0.624. The lowest BCUT2D eigenvalue weighted by Gasteiger charge is -2.13. The molecule has 2 atom stereocenters. The summed E-state index contributed by atoms with van der Waals surface area (Å²) in [4.78, 5) is 10.8. The molecular weight excluding hydrogens is 220 g/mol. The number of carboxylic acid groups (broad SMARTS) is 1. The third-order valence-corrected chi connectivity index (χ3v) is 2.87. The molecule has 17 heavy (non-hydrogen) atoms. The number of carboxylic acids is 1. The van der Waals surface area contributed by atoms with E-state index in [-0.39, 0.29) is 0 Å². The number of aliphatic carboxylic acids is 1. The fourth-order valence-electron chi connectivity index (χ4n) is 1.94. The molecule has 0 aliphatic carbocycles. The van der Waals surface area contributed by atoms with Crippen molar-refractivity contribution in [2.45, 2.75) is 12.1 Å². The van der Waals surface area contributed by atoms with E-state index in [1.165, 1.54) is 0 Å². The van der Waals surface area contributed by atoms with Crippen LogP contribution < -0.4 is 5.73 Å². The number of aliphatic hydroxyl groups excluding tert-OH is 1. The summed E-state index contributed by atoms with van der Waals surface area (Å²) in [6.07, 6.45) is 0.497. The van der Waals surface area contributed by atoms with Crippen LogP contribution in [0.25, 0.3) is 10.9 Å². The Morgan fingerprint density at radius 3 is 2.71 bits per heavy atom. The summed E-state index contributed by atoms with van der Waals surface area (Å²) in [5.74, 6) is -1.22. The maximum atomic E-state index is 10.8. The van der Waals surface area contributed by atoms with Gasteiger partial charge in [0.15, 0.2) is 0 Å². The average Bonchev–Trinajstić information content (AvgIpc) is 2.65. The minimum absolute atomic E-state index is 0.540. The number of nitrogens with two attached hydrogens (primary N) is 1. The van der Waals surface area contributed by atoms with Gasteiger partial charge in [-0.1, -0.05) is 18.2 Å². The van der Waals surface area contributed by atoms with Crippen molar-refractivity contribution in [1.82, 2.24) is 4.57 Å². The van der Waals surface area contributed by atoms with Crippen molar-refractivity contribution < 1.29 is 15.0 Å². The van der Waals surface area contributed by atoms with E-state index in [0.717, 1.165) is 10.9 Å². The van der Waals surface area contributed by atoms with Crippen LogP contribution in [0.3, 0.4) is 0 Å². The zero-order chi connectivity index (χ0) is 12.6. The van der Waals surface area contributed by atoms with Crippen LogP contribution in [0.1, 0.15) is 11.7 Å². The third kappa shape index (κ3) is 1.90. The van der Waals surface area contributed by atoms with Crippen molar-refractivity contribution in [1.29, 1.82) is 0 Å². The average molecular weight is 234 g/mol. The molecule has 0 aliphatic rings. The monoisotopic (exact) mass is 234 g/mol. The van der Waals surface area contributed by atoms with Crippen molar-refractivity contribution in [3.05, 3.63) is 36.0 Å². The lowest BCUT2D eigenvalue weighted by atomic mass is 10.0. The molecule has 2 unspecified atom stereocenters. The molecule has 4 N–H and O–H groups in total. The van der Waals surface area contributed by atoms with Crippen LogP contribution >= 0.6 is 0 Å². The summed E-state index contributed by atoms with van der Waals surface area (Å²) >= 11 is 0. The molecule has 1 aromatic heterocycles. The lowest BCUT2D eigenvalue weighted by molar-refractivity contribution is -0.141. The highest BCUT2D eigenvalue weighted by Gasteiger charge is 2.26. The SMILES string of the molecule is Cn1cc(C(O)C(N)C(=O)O)c2ccccc21. The number of hydrogen-bond acceptors (Lipinski definition) is 3. The second-order valence-electron chi connectivity index (χ2n) is 4.02. The third-order valence-electron chi connectivity index (χ3n) is 2.87. The zero-order valence-corrected chi connectivity index (χ0v) is 9.37. The van der Waals surface area contributed by atoms with E-state index < -0.39 is 18.1 Å². The number of carbonyl (C=O) groups is 1. The van der Waals surface area contributed by atoms with Crippen LogP contribution in [0.5, 0.6) is 0 Å². The highest BCUT2D eigenvalue weighted by atomic mass is 16.4. The second kappa shape index (κ2) is 4.20. The number of para-hydroxylation sites is 1. The Kier molecular flexibility index (Phi) is 2.87. The smallest absolute Gasteiger partial charge is 0.323 e. The summed E-state index contributed by atoms with van der Waals surface area (Å²) in [5, 5.41) is 19.6. The van der Waals surface area contributed by atoms with Gasteiger partial charge < -0.3 is 20.5 Å². The molecule has 90 valence electrons. The summed E-state index contributed by atoms with van der Waals surface area (Å²) in [7, 11) is 1.84. The zero-order valence-electron chi connectivity index (χ0n) is 9.37. The van der Waals surface area contributed by atoms with Gasteiger partial charge in [-0.25, -0.2) is 0 Å². The van der Waals surface area contributed by atoms with E-state index >= 15 is 0 Å². The molecule has 5 nitrogen and oxygen atoms in total. The Balaban J connectivity index is 2.52. The Morgan fingerprint density at radius 1 is 1.41 bits per heavy atom. The van der Waals surface area contributed by atoms with Crippen LogP contribution in [0.2, 0.25) is 0 Å². The molecule has 0 saturated carbocycles. The number of aromatic nitrogens is 1. The van der Waals surface area contributed by atoms with Crippen LogP contribution in [0.4, 0.5) is 0 Å². The Morgan fingerprint density at radius 2 is 2.06 bits per heavy atom. The van der Waals surface area contributed by atoms with Crippen molar-refractivity contribution in [2.75, 3.05) is 0 Å². The van der Waals surface area contributed by atoms with Crippen molar-refractivity contribution in [2.24, 2.45) is 12.8 Å². The van der Waals surface area contributed by atoms with E-state index in [1.54, 1.807) is 6.20 Å². The topological polar surface area (TPSA) is 88.5 Å². The van der Waals surface area contributed by atoms with Gasteiger partial charge in [0.1, 0.15) is 12.1 Å². The predicted molar refractivity (Wildman–Crippen MR) is 63.5 cm³/mol. The lowest BCUT2D eigenvalue weighted by Crippen LogP contribution is -2.36. The molecule has 2 rings (SSSR count). The highest BCUT2D eigenvalue weighted by molar-refractivity contribution is 5.85. The minimum atomic E-state index is -1.32. The Hall–Kier alpha value is -1.85. The number of hydrogen-bond donors (Lipinski definition) is 3. The summed E-state index contributed by atoms with van der Waals surface area (Å²) < 4.78 is 1.84. The molecule has 0 amide bonds. The fraction of sp³-hybridized carbons (Fsp3) is 0.250. The van der Waals surface area contributed by atoms with Gasteiger partial charge in [-0.15, -0.1) is 0 Å². The first-order valence-electron chi connectivity index (χ1n) is 5.22. The molecule has 1 heterocycles. The summed E-state index contributed by atoms with van der Waals surface area (Å²) in [6.45, 7) is 0. The first kappa shape index (κ1) is 11.6. The molecular formula is C12H14N2O3. The van der Waals surface area contributed by atoms with E-state index in [1.807, 2.05) is 35.9 Å². The van der Waals surface area contributed by atoms with Gasteiger partial charge >= 0.3 is 5.97 Å². The number of aryl methyl sites for hydroxylation is 1. The maximum Gasteiger partial charge on any atom is 0.323 e. The molecule has 0 fully saturated rings. The largest absolute Gasteiger partial charge is 0.480 e. The second-order valence-corrected chi connectivity index (χ2v) is 4.02. The van der Waals surface area contributed by atoms with Gasteiger partial charge in [-0.3, -0.25) is 4.79 Å².